The maximum atomic E-state index is 13.3. The average Bonchev–Trinajstić information content (AvgIpc) is 2.43. The highest BCUT2D eigenvalue weighted by atomic mass is 79.9. The first-order chi connectivity index (χ1) is 10.0. The first kappa shape index (κ1) is 15.9. The second-order valence-electron chi connectivity index (χ2n) is 4.58. The summed E-state index contributed by atoms with van der Waals surface area (Å²) in [6.07, 6.45) is 0.433. The molecular formula is C15H15BrF2N2O. The summed E-state index contributed by atoms with van der Waals surface area (Å²) in [4.78, 5) is 0. The summed E-state index contributed by atoms with van der Waals surface area (Å²) >= 11 is 3.39. The standard InChI is InChI=1S/C15H15BrF2N2O/c1-21-15-3-2-11(16)4-10(15)7-14(20-19)9-5-12(17)8-13(18)6-9/h2-6,8,14,20H,7,19H2,1H3. The van der Waals surface area contributed by atoms with E-state index >= 15 is 0 Å². The molecule has 3 nitrogen and oxygen atoms in total. The molecule has 6 heteroatoms. The van der Waals surface area contributed by atoms with E-state index in [1.54, 1.807) is 7.11 Å². The van der Waals surface area contributed by atoms with E-state index in [9.17, 15) is 8.78 Å². The van der Waals surface area contributed by atoms with Crippen molar-refractivity contribution in [2.24, 2.45) is 5.84 Å². The van der Waals surface area contributed by atoms with Gasteiger partial charge in [-0.05, 0) is 47.9 Å². The summed E-state index contributed by atoms with van der Waals surface area (Å²) in [6.45, 7) is 0. The number of hydrogen-bond acceptors (Lipinski definition) is 3. The second kappa shape index (κ2) is 6.98. The van der Waals surface area contributed by atoms with Crippen molar-refractivity contribution in [2.45, 2.75) is 12.5 Å². The van der Waals surface area contributed by atoms with Crippen LogP contribution in [-0.2, 0) is 6.42 Å². The minimum atomic E-state index is -0.633. The van der Waals surface area contributed by atoms with Gasteiger partial charge in [-0.3, -0.25) is 11.3 Å². The maximum Gasteiger partial charge on any atom is 0.126 e. The number of hydrazine groups is 1. The summed E-state index contributed by atoms with van der Waals surface area (Å²) in [6, 6.07) is 8.48. The third-order valence-corrected chi connectivity index (χ3v) is 3.65. The molecule has 0 saturated carbocycles. The van der Waals surface area contributed by atoms with Crippen molar-refractivity contribution >= 4 is 15.9 Å². The van der Waals surface area contributed by atoms with Crippen LogP contribution < -0.4 is 16.0 Å². The zero-order valence-electron chi connectivity index (χ0n) is 11.4. The molecule has 0 radical (unpaired) electrons. The van der Waals surface area contributed by atoms with Crippen molar-refractivity contribution in [3.63, 3.8) is 0 Å². The number of nitrogens with one attached hydrogen (secondary N) is 1. The van der Waals surface area contributed by atoms with Crippen LogP contribution in [0.25, 0.3) is 0 Å². The van der Waals surface area contributed by atoms with Crippen LogP contribution in [-0.4, -0.2) is 7.11 Å². The molecule has 0 aromatic heterocycles. The van der Waals surface area contributed by atoms with Gasteiger partial charge in [0.05, 0.1) is 13.2 Å². The van der Waals surface area contributed by atoms with Crippen LogP contribution in [0.3, 0.4) is 0 Å². The second-order valence-corrected chi connectivity index (χ2v) is 5.50. The summed E-state index contributed by atoms with van der Waals surface area (Å²) in [7, 11) is 1.57. The highest BCUT2D eigenvalue weighted by Gasteiger charge is 2.15. The van der Waals surface area contributed by atoms with Gasteiger partial charge in [-0.15, -0.1) is 0 Å². The van der Waals surface area contributed by atoms with E-state index < -0.39 is 17.7 Å². The van der Waals surface area contributed by atoms with Gasteiger partial charge < -0.3 is 4.74 Å². The van der Waals surface area contributed by atoms with E-state index in [-0.39, 0.29) is 0 Å². The Hall–Kier alpha value is -1.50. The molecule has 3 N–H and O–H groups in total. The number of hydrogen-bond donors (Lipinski definition) is 2. The van der Waals surface area contributed by atoms with Crippen molar-refractivity contribution in [3.05, 3.63) is 63.6 Å². The van der Waals surface area contributed by atoms with Crippen LogP contribution in [0.5, 0.6) is 5.75 Å². The van der Waals surface area contributed by atoms with Gasteiger partial charge in [0, 0.05) is 10.5 Å². The maximum absolute atomic E-state index is 13.3. The number of benzene rings is 2. The molecule has 0 aliphatic heterocycles. The largest absolute Gasteiger partial charge is 0.496 e. The molecular weight excluding hydrogens is 342 g/mol. The van der Waals surface area contributed by atoms with E-state index in [4.69, 9.17) is 10.6 Å². The fourth-order valence-corrected chi connectivity index (χ4v) is 2.58. The molecule has 0 spiro atoms. The number of methoxy groups -OCH3 is 1. The Morgan fingerprint density at radius 1 is 1.19 bits per heavy atom. The Labute approximate surface area is 130 Å². The monoisotopic (exact) mass is 356 g/mol. The smallest absolute Gasteiger partial charge is 0.126 e. The van der Waals surface area contributed by atoms with Gasteiger partial charge in [0.25, 0.3) is 0 Å². The lowest BCUT2D eigenvalue weighted by atomic mass is 9.98. The molecule has 0 saturated heterocycles. The molecule has 0 fully saturated rings. The Balaban J connectivity index is 2.32. The van der Waals surface area contributed by atoms with Gasteiger partial charge in [-0.2, -0.15) is 0 Å². The molecule has 2 aromatic rings. The third-order valence-electron chi connectivity index (χ3n) is 3.15. The van der Waals surface area contributed by atoms with Crippen molar-refractivity contribution in [3.8, 4) is 5.75 Å². The summed E-state index contributed by atoms with van der Waals surface area (Å²) in [5.74, 6) is 4.96. The van der Waals surface area contributed by atoms with Crippen LogP contribution in [0, 0.1) is 11.6 Å². The minimum absolute atomic E-state index is 0.432. The van der Waals surface area contributed by atoms with Gasteiger partial charge in [0.2, 0.25) is 0 Å². The highest BCUT2D eigenvalue weighted by molar-refractivity contribution is 9.10. The average molecular weight is 357 g/mol. The molecule has 2 rings (SSSR count). The van der Waals surface area contributed by atoms with Gasteiger partial charge in [0.1, 0.15) is 17.4 Å². The number of halogens is 3. The van der Waals surface area contributed by atoms with Crippen LogP contribution in [0.15, 0.2) is 40.9 Å². The molecule has 112 valence electrons. The van der Waals surface area contributed by atoms with Gasteiger partial charge >= 0.3 is 0 Å². The molecule has 2 aromatic carbocycles. The molecule has 0 aliphatic carbocycles. The molecule has 1 atom stereocenters. The fraction of sp³-hybridized carbons (Fsp3) is 0.200. The Kier molecular flexibility index (Phi) is 5.27. The third kappa shape index (κ3) is 4.00. The zero-order chi connectivity index (χ0) is 15.4. The van der Waals surface area contributed by atoms with Gasteiger partial charge in [-0.1, -0.05) is 15.9 Å². The first-order valence-corrected chi connectivity index (χ1v) is 7.07. The van der Waals surface area contributed by atoms with Gasteiger partial charge in [-0.25, -0.2) is 8.78 Å². The minimum Gasteiger partial charge on any atom is -0.496 e. The molecule has 0 heterocycles. The lowest BCUT2D eigenvalue weighted by Gasteiger charge is -2.18. The molecule has 0 amide bonds. The molecule has 1 unspecified atom stereocenters. The van der Waals surface area contributed by atoms with Crippen LogP contribution in [0.4, 0.5) is 8.78 Å². The molecule has 0 bridgehead atoms. The van der Waals surface area contributed by atoms with Crippen LogP contribution >= 0.6 is 15.9 Å². The quantitative estimate of drug-likeness (QED) is 0.636. The predicted molar refractivity (Wildman–Crippen MR) is 80.8 cm³/mol. The summed E-state index contributed by atoms with van der Waals surface area (Å²) in [5.41, 5.74) is 3.90. The van der Waals surface area contributed by atoms with Crippen molar-refractivity contribution in [1.29, 1.82) is 0 Å². The lowest BCUT2D eigenvalue weighted by molar-refractivity contribution is 0.405. The van der Waals surface area contributed by atoms with Crippen LogP contribution in [0.2, 0.25) is 0 Å². The van der Waals surface area contributed by atoms with E-state index in [0.29, 0.717) is 17.7 Å². The summed E-state index contributed by atoms with van der Waals surface area (Å²) in [5, 5.41) is 0. The molecule has 0 aliphatic rings. The van der Waals surface area contributed by atoms with Crippen LogP contribution in [0.1, 0.15) is 17.2 Å². The molecule has 21 heavy (non-hydrogen) atoms. The van der Waals surface area contributed by atoms with Crippen molar-refractivity contribution < 1.29 is 13.5 Å². The number of nitrogens with two attached hydrogens (primary N) is 1. The normalized spacial score (nSPS) is 12.2. The van der Waals surface area contributed by atoms with E-state index in [0.717, 1.165) is 16.1 Å². The summed E-state index contributed by atoms with van der Waals surface area (Å²) < 4.78 is 32.8. The SMILES string of the molecule is COc1ccc(Br)cc1CC(NN)c1cc(F)cc(F)c1. The van der Waals surface area contributed by atoms with Crippen molar-refractivity contribution in [1.82, 2.24) is 5.43 Å². The van der Waals surface area contributed by atoms with E-state index in [1.807, 2.05) is 18.2 Å². The zero-order valence-corrected chi connectivity index (χ0v) is 13.0. The van der Waals surface area contributed by atoms with Crippen molar-refractivity contribution in [2.75, 3.05) is 7.11 Å². The Morgan fingerprint density at radius 2 is 1.86 bits per heavy atom. The predicted octanol–water partition coefficient (Wildman–Crippen LogP) is 3.48. The topological polar surface area (TPSA) is 47.3 Å². The van der Waals surface area contributed by atoms with E-state index in [2.05, 4.69) is 21.4 Å². The number of ether oxygens (including phenoxy) is 1. The van der Waals surface area contributed by atoms with Gasteiger partial charge in [0.15, 0.2) is 0 Å². The number of rotatable bonds is 5. The Morgan fingerprint density at radius 3 is 2.43 bits per heavy atom. The Bertz CT molecular complexity index is 617. The highest BCUT2D eigenvalue weighted by Crippen LogP contribution is 2.28. The lowest BCUT2D eigenvalue weighted by Crippen LogP contribution is -2.29. The first-order valence-electron chi connectivity index (χ1n) is 6.28. The fourth-order valence-electron chi connectivity index (χ4n) is 2.18. The van der Waals surface area contributed by atoms with E-state index in [1.165, 1.54) is 12.1 Å².